The maximum atomic E-state index is 13.1. The Hall–Kier alpha value is -1.64. The Bertz CT molecular complexity index is 711. The normalized spacial score (nSPS) is 17.3. The number of hydrogen-bond donors (Lipinski definition) is 2. The van der Waals surface area contributed by atoms with E-state index in [0.717, 1.165) is 25.7 Å². The van der Waals surface area contributed by atoms with Crippen LogP contribution < -0.4 is 15.8 Å². The van der Waals surface area contributed by atoms with Crippen molar-refractivity contribution in [3.63, 3.8) is 0 Å². The molecule has 1 aromatic carbocycles. The van der Waals surface area contributed by atoms with E-state index in [1.165, 1.54) is 23.5 Å². The first-order valence-corrected chi connectivity index (χ1v) is 10.5. The van der Waals surface area contributed by atoms with Gasteiger partial charge in [0, 0.05) is 31.2 Å². The van der Waals surface area contributed by atoms with E-state index in [0.29, 0.717) is 31.6 Å². The molecule has 1 heterocycles. The highest BCUT2D eigenvalue weighted by molar-refractivity contribution is 7.89. The highest BCUT2D eigenvalue weighted by Crippen LogP contribution is 2.29. The van der Waals surface area contributed by atoms with Gasteiger partial charge in [-0.2, -0.15) is 4.31 Å². The van der Waals surface area contributed by atoms with Gasteiger partial charge in [-0.25, -0.2) is 8.42 Å². The van der Waals surface area contributed by atoms with Crippen LogP contribution in [0.4, 0.5) is 0 Å². The highest BCUT2D eigenvalue weighted by atomic mass is 32.2. The second kappa shape index (κ2) is 9.34. The van der Waals surface area contributed by atoms with Crippen LogP contribution in [0.5, 0.6) is 5.75 Å². The summed E-state index contributed by atoms with van der Waals surface area (Å²) in [4.78, 5) is 12.4. The SMILES string of the molecule is COc1ccc(C(=O)NCCC(C)N)cc1S(=O)(=O)N1CCCCCC1. The molecule has 0 aromatic heterocycles. The Balaban J connectivity index is 2.27. The lowest BCUT2D eigenvalue weighted by atomic mass is 10.2. The molecule has 1 unspecified atom stereocenters. The molecule has 0 spiro atoms. The Morgan fingerprint density at radius 1 is 1.27 bits per heavy atom. The largest absolute Gasteiger partial charge is 0.495 e. The van der Waals surface area contributed by atoms with Crippen LogP contribution in [0.2, 0.25) is 0 Å². The van der Waals surface area contributed by atoms with E-state index in [4.69, 9.17) is 10.5 Å². The van der Waals surface area contributed by atoms with Crippen molar-refractivity contribution in [3.05, 3.63) is 23.8 Å². The van der Waals surface area contributed by atoms with Crippen molar-refractivity contribution in [1.82, 2.24) is 9.62 Å². The van der Waals surface area contributed by atoms with Crippen LogP contribution in [0, 0.1) is 0 Å². The van der Waals surface area contributed by atoms with Gasteiger partial charge >= 0.3 is 0 Å². The summed E-state index contributed by atoms with van der Waals surface area (Å²) in [6.07, 6.45) is 4.41. The molecule has 0 saturated carbocycles. The van der Waals surface area contributed by atoms with Crippen LogP contribution in [-0.4, -0.2) is 51.4 Å². The third-order valence-corrected chi connectivity index (χ3v) is 6.41. The van der Waals surface area contributed by atoms with E-state index < -0.39 is 10.0 Å². The van der Waals surface area contributed by atoms with Crippen molar-refractivity contribution < 1.29 is 17.9 Å². The average molecular weight is 384 g/mol. The average Bonchev–Trinajstić information content (AvgIpc) is 2.90. The topological polar surface area (TPSA) is 102 Å². The molecule has 7 nitrogen and oxygen atoms in total. The molecule has 1 aliphatic heterocycles. The zero-order valence-corrected chi connectivity index (χ0v) is 16.3. The number of amides is 1. The predicted octanol–water partition coefficient (Wildman–Crippen LogP) is 1.73. The van der Waals surface area contributed by atoms with Crippen LogP contribution in [-0.2, 0) is 10.0 Å². The molecule has 1 saturated heterocycles. The summed E-state index contributed by atoms with van der Waals surface area (Å²) in [5.41, 5.74) is 5.97. The lowest BCUT2D eigenvalue weighted by Gasteiger charge is -2.21. The van der Waals surface area contributed by atoms with E-state index in [1.54, 1.807) is 6.07 Å². The molecule has 1 fully saturated rings. The lowest BCUT2D eigenvalue weighted by Crippen LogP contribution is -2.33. The third-order valence-electron chi connectivity index (χ3n) is 4.49. The summed E-state index contributed by atoms with van der Waals surface area (Å²) in [6, 6.07) is 4.50. The van der Waals surface area contributed by atoms with E-state index in [9.17, 15) is 13.2 Å². The minimum atomic E-state index is -3.71. The fourth-order valence-electron chi connectivity index (χ4n) is 2.96. The van der Waals surface area contributed by atoms with Gasteiger partial charge in [-0.05, 0) is 44.4 Å². The molecule has 3 N–H and O–H groups in total. The molecule has 1 amide bonds. The number of carbonyl (C=O) groups is 1. The molecule has 2 rings (SSSR count). The van der Waals surface area contributed by atoms with Gasteiger partial charge in [-0.15, -0.1) is 0 Å². The third kappa shape index (κ3) is 5.18. The van der Waals surface area contributed by atoms with Crippen molar-refractivity contribution in [1.29, 1.82) is 0 Å². The van der Waals surface area contributed by atoms with E-state index in [1.807, 2.05) is 6.92 Å². The Morgan fingerprint density at radius 3 is 2.50 bits per heavy atom. The monoisotopic (exact) mass is 383 g/mol. The van der Waals surface area contributed by atoms with Crippen LogP contribution in [0.1, 0.15) is 49.4 Å². The Labute approximate surface area is 155 Å². The van der Waals surface area contributed by atoms with Gasteiger partial charge < -0.3 is 15.8 Å². The zero-order chi connectivity index (χ0) is 19.2. The lowest BCUT2D eigenvalue weighted by molar-refractivity contribution is 0.0952. The van der Waals surface area contributed by atoms with Crippen LogP contribution in [0.3, 0.4) is 0 Å². The second-order valence-electron chi connectivity index (χ2n) is 6.71. The number of carbonyl (C=O) groups excluding carboxylic acids is 1. The number of methoxy groups -OCH3 is 1. The summed E-state index contributed by atoms with van der Waals surface area (Å²) in [6.45, 7) is 3.30. The van der Waals surface area contributed by atoms with Crippen LogP contribution >= 0.6 is 0 Å². The van der Waals surface area contributed by atoms with Crippen molar-refractivity contribution in [2.75, 3.05) is 26.7 Å². The summed E-state index contributed by atoms with van der Waals surface area (Å²) < 4.78 is 32.9. The number of rotatable bonds is 7. The standard InChI is InChI=1S/C18H29N3O4S/c1-14(19)9-10-20-18(22)15-7-8-16(25-2)17(13-15)26(23,24)21-11-5-3-4-6-12-21/h7-8,13-14H,3-6,9-12,19H2,1-2H3,(H,20,22). The molecule has 146 valence electrons. The maximum absolute atomic E-state index is 13.1. The first kappa shape index (κ1) is 20.7. The molecule has 26 heavy (non-hydrogen) atoms. The zero-order valence-electron chi connectivity index (χ0n) is 15.5. The highest BCUT2D eigenvalue weighted by Gasteiger charge is 2.29. The van der Waals surface area contributed by atoms with Gasteiger partial charge in [-0.3, -0.25) is 4.79 Å². The van der Waals surface area contributed by atoms with Gasteiger partial charge in [-0.1, -0.05) is 12.8 Å². The number of sulfonamides is 1. The quantitative estimate of drug-likeness (QED) is 0.746. The van der Waals surface area contributed by atoms with Crippen LogP contribution in [0.25, 0.3) is 0 Å². The van der Waals surface area contributed by atoms with Gasteiger partial charge in [0.25, 0.3) is 5.91 Å². The molecular weight excluding hydrogens is 354 g/mol. The van der Waals surface area contributed by atoms with E-state index >= 15 is 0 Å². The van der Waals surface area contributed by atoms with Crippen molar-refractivity contribution in [3.8, 4) is 5.75 Å². The second-order valence-corrected chi connectivity index (χ2v) is 8.61. The predicted molar refractivity (Wildman–Crippen MR) is 101 cm³/mol. The van der Waals surface area contributed by atoms with E-state index in [2.05, 4.69) is 5.32 Å². The number of nitrogens with two attached hydrogens (primary N) is 1. The Kier molecular flexibility index (Phi) is 7.43. The minimum absolute atomic E-state index is 0.00913. The first-order chi connectivity index (χ1) is 12.4. The van der Waals surface area contributed by atoms with Crippen molar-refractivity contribution in [2.45, 2.75) is 50.0 Å². The van der Waals surface area contributed by atoms with Crippen molar-refractivity contribution >= 4 is 15.9 Å². The minimum Gasteiger partial charge on any atom is -0.495 e. The molecule has 8 heteroatoms. The summed E-state index contributed by atoms with van der Waals surface area (Å²) in [5.74, 6) is -0.0676. The van der Waals surface area contributed by atoms with Gasteiger partial charge in [0.05, 0.1) is 7.11 Å². The molecule has 0 aliphatic carbocycles. The molecule has 0 bridgehead atoms. The van der Waals surface area contributed by atoms with E-state index in [-0.39, 0.29) is 22.6 Å². The summed E-state index contributed by atoms with van der Waals surface area (Å²) >= 11 is 0. The van der Waals surface area contributed by atoms with Gasteiger partial charge in [0.2, 0.25) is 10.0 Å². The molecule has 1 aliphatic rings. The smallest absolute Gasteiger partial charge is 0.251 e. The maximum Gasteiger partial charge on any atom is 0.251 e. The van der Waals surface area contributed by atoms with Crippen molar-refractivity contribution in [2.24, 2.45) is 5.73 Å². The van der Waals surface area contributed by atoms with Gasteiger partial charge in [0.1, 0.15) is 10.6 Å². The first-order valence-electron chi connectivity index (χ1n) is 9.08. The number of nitrogens with zero attached hydrogens (tertiary/aromatic N) is 1. The molecular formula is C18H29N3O4S. The number of hydrogen-bond acceptors (Lipinski definition) is 5. The number of nitrogens with one attached hydrogen (secondary N) is 1. The fourth-order valence-corrected chi connectivity index (χ4v) is 4.65. The number of benzene rings is 1. The van der Waals surface area contributed by atoms with Gasteiger partial charge in [0.15, 0.2) is 0 Å². The number of ether oxygens (including phenoxy) is 1. The Morgan fingerprint density at radius 2 is 1.92 bits per heavy atom. The molecule has 1 aromatic rings. The van der Waals surface area contributed by atoms with Crippen LogP contribution in [0.15, 0.2) is 23.1 Å². The summed E-state index contributed by atoms with van der Waals surface area (Å²) in [7, 11) is -2.28. The summed E-state index contributed by atoms with van der Waals surface area (Å²) in [5, 5.41) is 2.77. The fraction of sp³-hybridized carbons (Fsp3) is 0.611. The molecule has 0 radical (unpaired) electrons. The molecule has 1 atom stereocenters.